The highest BCUT2D eigenvalue weighted by molar-refractivity contribution is 7.99. The fourth-order valence-electron chi connectivity index (χ4n) is 2.04. The average Bonchev–Trinajstić information content (AvgIpc) is 2.53. The zero-order valence-electron chi connectivity index (χ0n) is 12.8. The first-order chi connectivity index (χ1) is 11.4. The second-order valence-electron chi connectivity index (χ2n) is 5.09. The lowest BCUT2D eigenvalue weighted by atomic mass is 10.1. The lowest BCUT2D eigenvalue weighted by molar-refractivity contribution is -0.113. The predicted octanol–water partition coefficient (Wildman–Crippen LogP) is 4.87. The first kappa shape index (κ1) is 18.6. The van der Waals surface area contributed by atoms with Crippen LogP contribution in [0.15, 0.2) is 36.4 Å². The van der Waals surface area contributed by atoms with Crippen molar-refractivity contribution in [2.45, 2.75) is 12.7 Å². The largest absolute Gasteiger partial charge is 0.478 e. The van der Waals surface area contributed by atoms with E-state index in [1.807, 2.05) is 12.1 Å². The Morgan fingerprint density at radius 2 is 1.96 bits per heavy atom. The number of hydrogen-bond donors (Lipinski definition) is 2. The number of amides is 1. The Hall–Kier alpha value is -1.69. The smallest absolute Gasteiger partial charge is 0.335 e. The van der Waals surface area contributed by atoms with Gasteiger partial charge in [-0.2, -0.15) is 0 Å². The highest BCUT2D eigenvalue weighted by Gasteiger charge is 2.10. The highest BCUT2D eigenvalue weighted by atomic mass is 35.5. The summed E-state index contributed by atoms with van der Waals surface area (Å²) in [5.41, 5.74) is 2.37. The van der Waals surface area contributed by atoms with E-state index >= 15 is 0 Å². The van der Waals surface area contributed by atoms with Gasteiger partial charge in [0, 0.05) is 11.4 Å². The van der Waals surface area contributed by atoms with Crippen molar-refractivity contribution in [3.05, 3.63) is 63.1 Å². The number of halogens is 2. The molecule has 0 bridgehead atoms. The zero-order chi connectivity index (χ0) is 17.7. The second kappa shape index (κ2) is 8.42. The molecular formula is C17H15Cl2NO3S. The highest BCUT2D eigenvalue weighted by Crippen LogP contribution is 2.28. The molecule has 0 aliphatic rings. The molecule has 2 N–H and O–H groups in total. The molecule has 2 rings (SSSR count). The van der Waals surface area contributed by atoms with E-state index in [0.29, 0.717) is 27.0 Å². The maximum atomic E-state index is 12.0. The van der Waals surface area contributed by atoms with Gasteiger partial charge in [-0.3, -0.25) is 4.79 Å². The first-order valence-electron chi connectivity index (χ1n) is 7.03. The number of carboxylic acid groups (broad SMARTS) is 1. The van der Waals surface area contributed by atoms with Crippen LogP contribution < -0.4 is 5.32 Å². The van der Waals surface area contributed by atoms with Gasteiger partial charge < -0.3 is 10.4 Å². The number of carboxylic acids is 1. The van der Waals surface area contributed by atoms with Crippen molar-refractivity contribution in [3.8, 4) is 0 Å². The minimum absolute atomic E-state index is 0.163. The van der Waals surface area contributed by atoms with Gasteiger partial charge in [0.1, 0.15) is 0 Å². The van der Waals surface area contributed by atoms with Gasteiger partial charge in [0.15, 0.2) is 0 Å². The Morgan fingerprint density at radius 1 is 1.21 bits per heavy atom. The van der Waals surface area contributed by atoms with E-state index in [0.717, 1.165) is 5.56 Å². The third-order valence-corrected chi connectivity index (χ3v) is 5.11. The second-order valence-corrected chi connectivity index (χ2v) is 6.86. The van der Waals surface area contributed by atoms with Crippen LogP contribution >= 0.6 is 35.0 Å². The topological polar surface area (TPSA) is 66.4 Å². The summed E-state index contributed by atoms with van der Waals surface area (Å²) < 4.78 is 0. The molecule has 0 aromatic heterocycles. The van der Waals surface area contributed by atoms with Crippen molar-refractivity contribution in [2.75, 3.05) is 11.1 Å². The number of hydrogen-bond acceptors (Lipinski definition) is 3. The van der Waals surface area contributed by atoms with E-state index in [1.165, 1.54) is 23.9 Å². The summed E-state index contributed by atoms with van der Waals surface area (Å²) >= 11 is 13.5. The molecule has 0 aliphatic carbocycles. The monoisotopic (exact) mass is 383 g/mol. The van der Waals surface area contributed by atoms with Crippen LogP contribution in [0.3, 0.4) is 0 Å². The Balaban J connectivity index is 1.90. The fraction of sp³-hybridized carbons (Fsp3) is 0.176. The normalized spacial score (nSPS) is 10.5. The quantitative estimate of drug-likeness (QED) is 0.746. The van der Waals surface area contributed by atoms with Gasteiger partial charge in [-0.1, -0.05) is 35.3 Å². The van der Waals surface area contributed by atoms with Crippen LogP contribution in [0.2, 0.25) is 10.0 Å². The van der Waals surface area contributed by atoms with Crippen LogP contribution in [0.5, 0.6) is 0 Å². The van der Waals surface area contributed by atoms with Crippen LogP contribution in [0.1, 0.15) is 21.5 Å². The average molecular weight is 384 g/mol. The Morgan fingerprint density at radius 3 is 2.62 bits per heavy atom. The molecule has 0 radical (unpaired) electrons. The molecule has 0 atom stereocenters. The Kier molecular flexibility index (Phi) is 6.54. The lowest BCUT2D eigenvalue weighted by Crippen LogP contribution is -2.15. The molecule has 0 saturated carbocycles. The number of thioether (sulfide) groups is 1. The Bertz CT molecular complexity index is 780. The summed E-state index contributed by atoms with van der Waals surface area (Å²) in [4.78, 5) is 22.9. The van der Waals surface area contributed by atoms with Crippen LogP contribution in [0.25, 0.3) is 0 Å². The van der Waals surface area contributed by atoms with E-state index < -0.39 is 5.97 Å². The maximum Gasteiger partial charge on any atom is 0.335 e. The first-order valence-corrected chi connectivity index (χ1v) is 8.94. The zero-order valence-corrected chi connectivity index (χ0v) is 15.1. The number of aromatic carboxylic acids is 1. The van der Waals surface area contributed by atoms with Crippen LogP contribution in [-0.4, -0.2) is 22.7 Å². The number of nitrogens with one attached hydrogen (secondary N) is 1. The molecule has 2 aromatic rings. The molecule has 1 amide bonds. The summed E-state index contributed by atoms with van der Waals surface area (Å²) in [6, 6.07) is 9.98. The standard InChI is InChI=1S/C17H15Cl2NO3S/c1-10-7-11(17(22)23)5-6-14(10)20-15(21)9-24-8-12-3-2-4-13(18)16(12)19/h2-7H,8-9H2,1H3,(H,20,21)(H,22,23). The fourth-order valence-corrected chi connectivity index (χ4v) is 3.32. The molecule has 0 fully saturated rings. The number of anilines is 1. The van der Waals surface area contributed by atoms with Gasteiger partial charge in [-0.25, -0.2) is 4.79 Å². The number of carbonyl (C=O) groups excluding carboxylic acids is 1. The Labute approximate surface area is 154 Å². The van der Waals surface area contributed by atoms with E-state index in [2.05, 4.69) is 5.32 Å². The lowest BCUT2D eigenvalue weighted by Gasteiger charge is -2.09. The molecule has 0 heterocycles. The summed E-state index contributed by atoms with van der Waals surface area (Å²) in [5.74, 6) is -0.332. The summed E-state index contributed by atoms with van der Waals surface area (Å²) in [6.45, 7) is 1.75. The predicted molar refractivity (Wildman–Crippen MR) is 99.4 cm³/mol. The van der Waals surface area contributed by atoms with E-state index in [4.69, 9.17) is 28.3 Å². The van der Waals surface area contributed by atoms with E-state index in [-0.39, 0.29) is 17.2 Å². The number of benzene rings is 2. The summed E-state index contributed by atoms with van der Waals surface area (Å²) in [7, 11) is 0. The summed E-state index contributed by atoms with van der Waals surface area (Å²) in [5, 5.41) is 12.7. The number of aryl methyl sites for hydroxylation is 1. The van der Waals surface area contributed by atoms with E-state index in [9.17, 15) is 9.59 Å². The molecule has 4 nitrogen and oxygen atoms in total. The molecule has 0 spiro atoms. The summed E-state index contributed by atoms with van der Waals surface area (Å²) in [6.07, 6.45) is 0. The van der Waals surface area contributed by atoms with Gasteiger partial charge >= 0.3 is 5.97 Å². The SMILES string of the molecule is Cc1cc(C(=O)O)ccc1NC(=O)CSCc1cccc(Cl)c1Cl. The van der Waals surface area contributed by atoms with Crippen LogP contribution in [0, 0.1) is 6.92 Å². The van der Waals surface area contributed by atoms with Gasteiger partial charge in [0.25, 0.3) is 0 Å². The van der Waals surface area contributed by atoms with Crippen LogP contribution in [0.4, 0.5) is 5.69 Å². The van der Waals surface area contributed by atoms with Gasteiger partial charge in [-0.05, 0) is 42.3 Å². The minimum Gasteiger partial charge on any atom is -0.478 e. The van der Waals surface area contributed by atoms with E-state index in [1.54, 1.807) is 19.1 Å². The minimum atomic E-state index is -0.995. The number of rotatable bonds is 6. The molecule has 2 aromatic carbocycles. The third kappa shape index (κ3) is 4.90. The van der Waals surface area contributed by atoms with Gasteiger partial charge in [0.05, 0.1) is 21.4 Å². The van der Waals surface area contributed by atoms with Crippen molar-refractivity contribution in [2.24, 2.45) is 0 Å². The molecule has 126 valence electrons. The maximum absolute atomic E-state index is 12.0. The van der Waals surface area contributed by atoms with Gasteiger partial charge in [-0.15, -0.1) is 11.8 Å². The number of carbonyl (C=O) groups is 2. The molecule has 7 heteroatoms. The molecule has 0 saturated heterocycles. The van der Waals surface area contributed by atoms with Crippen molar-refractivity contribution < 1.29 is 14.7 Å². The molecule has 24 heavy (non-hydrogen) atoms. The van der Waals surface area contributed by atoms with Crippen LogP contribution in [-0.2, 0) is 10.5 Å². The molecule has 0 aliphatic heterocycles. The van der Waals surface area contributed by atoms with Gasteiger partial charge in [0.2, 0.25) is 5.91 Å². The molecular weight excluding hydrogens is 369 g/mol. The molecule has 0 unspecified atom stereocenters. The van der Waals surface area contributed by atoms with Crippen molar-refractivity contribution in [3.63, 3.8) is 0 Å². The third-order valence-electron chi connectivity index (χ3n) is 3.27. The van der Waals surface area contributed by atoms with Crippen molar-refractivity contribution in [1.29, 1.82) is 0 Å². The van der Waals surface area contributed by atoms with Crippen molar-refractivity contribution >= 4 is 52.5 Å². The van der Waals surface area contributed by atoms with Crippen molar-refractivity contribution in [1.82, 2.24) is 0 Å².